The highest BCUT2D eigenvalue weighted by Gasteiger charge is 2.12. The molecule has 20 heavy (non-hydrogen) atoms. The highest BCUT2D eigenvalue weighted by Crippen LogP contribution is 2.20. The molecule has 0 heterocycles. The van der Waals surface area contributed by atoms with Gasteiger partial charge in [0.1, 0.15) is 0 Å². The summed E-state index contributed by atoms with van der Waals surface area (Å²) in [6, 6.07) is 7.41. The number of hydrogen-bond acceptors (Lipinski definition) is 5. The molecule has 0 aliphatic heterocycles. The summed E-state index contributed by atoms with van der Waals surface area (Å²) < 4.78 is 31.4. The van der Waals surface area contributed by atoms with Crippen LogP contribution in [0.25, 0.3) is 0 Å². The van der Waals surface area contributed by atoms with Gasteiger partial charge in [0.15, 0.2) is 0 Å². The maximum Gasteiger partial charge on any atom is 0.212 e. The molecule has 0 bridgehead atoms. The van der Waals surface area contributed by atoms with Crippen LogP contribution in [-0.2, 0) is 14.8 Å². The Bertz CT molecular complexity index is 506. The van der Waals surface area contributed by atoms with E-state index in [2.05, 4.69) is 4.72 Å². The van der Waals surface area contributed by atoms with E-state index in [1.807, 2.05) is 32.0 Å². The second-order valence-corrected chi connectivity index (χ2v) is 7.45. The van der Waals surface area contributed by atoms with Crippen LogP contribution in [0.4, 0.5) is 5.69 Å². The predicted octanol–water partition coefficient (Wildman–Crippen LogP) is 1.71. The van der Waals surface area contributed by atoms with Crippen LogP contribution < -0.4 is 10.5 Å². The molecule has 1 rings (SSSR count). The van der Waals surface area contributed by atoms with Crippen LogP contribution in [0.15, 0.2) is 29.2 Å². The van der Waals surface area contributed by atoms with E-state index >= 15 is 0 Å². The van der Waals surface area contributed by atoms with Crippen LogP contribution in [-0.4, -0.2) is 39.2 Å². The number of nitrogen functional groups attached to an aromatic ring is 1. The molecule has 0 aromatic heterocycles. The van der Waals surface area contributed by atoms with Gasteiger partial charge in [0, 0.05) is 29.5 Å². The third kappa shape index (κ3) is 7.14. The zero-order chi connectivity index (χ0) is 15.0. The summed E-state index contributed by atoms with van der Waals surface area (Å²) in [5.41, 5.74) is 6.35. The summed E-state index contributed by atoms with van der Waals surface area (Å²) in [6.07, 6.45) is -0.114. The van der Waals surface area contributed by atoms with Gasteiger partial charge in [-0.15, -0.1) is 11.8 Å². The van der Waals surface area contributed by atoms with Crippen molar-refractivity contribution in [2.45, 2.75) is 24.8 Å². The standard InChI is InChI=1S/C13H22N2O3S2/c1-3-18-11(2)10-15-20(16,17)8-7-19-13-6-4-5-12(14)9-13/h4-6,9,11,15H,3,7-8,10,14H2,1-2H3. The van der Waals surface area contributed by atoms with Crippen LogP contribution in [0, 0.1) is 0 Å². The second kappa shape index (κ2) is 8.51. The molecule has 0 amide bonds. The molecular formula is C13H22N2O3S2. The topological polar surface area (TPSA) is 81.4 Å². The van der Waals surface area contributed by atoms with Gasteiger partial charge in [-0.2, -0.15) is 0 Å². The van der Waals surface area contributed by atoms with E-state index < -0.39 is 10.0 Å². The van der Waals surface area contributed by atoms with Crippen molar-refractivity contribution in [1.82, 2.24) is 4.72 Å². The predicted molar refractivity (Wildman–Crippen MR) is 84.5 cm³/mol. The molecule has 3 N–H and O–H groups in total. The van der Waals surface area contributed by atoms with Gasteiger partial charge in [0.2, 0.25) is 10.0 Å². The van der Waals surface area contributed by atoms with E-state index in [1.54, 1.807) is 6.07 Å². The lowest BCUT2D eigenvalue weighted by atomic mass is 10.3. The lowest BCUT2D eigenvalue weighted by molar-refractivity contribution is 0.0800. The Balaban J connectivity index is 2.32. The molecule has 0 aliphatic rings. The smallest absolute Gasteiger partial charge is 0.212 e. The highest BCUT2D eigenvalue weighted by atomic mass is 32.2. The lowest BCUT2D eigenvalue weighted by Gasteiger charge is -2.12. The van der Waals surface area contributed by atoms with E-state index in [4.69, 9.17) is 10.5 Å². The Morgan fingerprint density at radius 3 is 2.85 bits per heavy atom. The van der Waals surface area contributed by atoms with Gasteiger partial charge in [0.05, 0.1) is 11.9 Å². The number of nitrogens with one attached hydrogen (secondary N) is 1. The molecule has 0 aliphatic carbocycles. The Morgan fingerprint density at radius 1 is 1.45 bits per heavy atom. The van der Waals surface area contributed by atoms with Crippen molar-refractivity contribution in [3.8, 4) is 0 Å². The van der Waals surface area contributed by atoms with Gasteiger partial charge < -0.3 is 10.5 Å². The van der Waals surface area contributed by atoms with E-state index in [9.17, 15) is 8.42 Å². The second-order valence-electron chi connectivity index (χ2n) is 4.35. The van der Waals surface area contributed by atoms with Gasteiger partial charge in [-0.1, -0.05) is 6.07 Å². The quantitative estimate of drug-likeness (QED) is 0.535. The van der Waals surface area contributed by atoms with Crippen molar-refractivity contribution in [2.75, 3.05) is 30.4 Å². The Labute approximate surface area is 125 Å². The fraction of sp³-hybridized carbons (Fsp3) is 0.538. The van der Waals surface area contributed by atoms with Crippen molar-refractivity contribution in [1.29, 1.82) is 0 Å². The van der Waals surface area contributed by atoms with Crippen molar-refractivity contribution < 1.29 is 13.2 Å². The summed E-state index contributed by atoms with van der Waals surface area (Å²) in [4.78, 5) is 0.975. The molecule has 1 unspecified atom stereocenters. The fourth-order valence-corrected chi connectivity index (χ4v) is 4.01. The van der Waals surface area contributed by atoms with Crippen LogP contribution in [0.5, 0.6) is 0 Å². The summed E-state index contributed by atoms with van der Waals surface area (Å²) in [5.74, 6) is 0.563. The number of rotatable bonds is 9. The molecule has 0 saturated heterocycles. The Morgan fingerprint density at radius 2 is 2.20 bits per heavy atom. The van der Waals surface area contributed by atoms with E-state index in [0.29, 0.717) is 24.6 Å². The average Bonchev–Trinajstić information content (AvgIpc) is 2.37. The van der Waals surface area contributed by atoms with Gasteiger partial charge in [0.25, 0.3) is 0 Å². The average molecular weight is 318 g/mol. The third-order valence-corrected chi connectivity index (χ3v) is 5.12. The van der Waals surface area contributed by atoms with Crippen LogP contribution >= 0.6 is 11.8 Å². The normalized spacial score (nSPS) is 13.3. The molecule has 1 aromatic rings. The summed E-state index contributed by atoms with van der Waals surface area (Å²) in [6.45, 7) is 4.61. The Hall–Kier alpha value is -0.760. The van der Waals surface area contributed by atoms with Crippen molar-refractivity contribution in [3.05, 3.63) is 24.3 Å². The molecule has 114 valence electrons. The fourth-order valence-electron chi connectivity index (χ4n) is 1.53. The lowest BCUT2D eigenvalue weighted by Crippen LogP contribution is -2.34. The molecule has 1 atom stereocenters. The van der Waals surface area contributed by atoms with E-state index in [-0.39, 0.29) is 11.9 Å². The van der Waals surface area contributed by atoms with Crippen molar-refractivity contribution >= 4 is 27.5 Å². The zero-order valence-corrected chi connectivity index (χ0v) is 13.5. The van der Waals surface area contributed by atoms with Crippen LogP contribution in [0.3, 0.4) is 0 Å². The van der Waals surface area contributed by atoms with Gasteiger partial charge in [-0.05, 0) is 32.0 Å². The number of benzene rings is 1. The van der Waals surface area contributed by atoms with Crippen LogP contribution in [0.2, 0.25) is 0 Å². The molecule has 0 fully saturated rings. The van der Waals surface area contributed by atoms with Crippen molar-refractivity contribution in [3.63, 3.8) is 0 Å². The first-order valence-corrected chi connectivity index (χ1v) is 9.14. The largest absolute Gasteiger partial charge is 0.399 e. The maximum absolute atomic E-state index is 11.8. The molecule has 5 nitrogen and oxygen atoms in total. The number of sulfonamides is 1. The maximum atomic E-state index is 11.8. The van der Waals surface area contributed by atoms with Gasteiger partial charge >= 0.3 is 0 Å². The van der Waals surface area contributed by atoms with E-state index in [0.717, 1.165) is 4.90 Å². The molecule has 1 aromatic carbocycles. The first-order chi connectivity index (χ1) is 9.43. The minimum atomic E-state index is -3.26. The number of thioether (sulfide) groups is 1. The SMILES string of the molecule is CCOC(C)CNS(=O)(=O)CCSc1cccc(N)c1. The summed E-state index contributed by atoms with van der Waals surface area (Å²) >= 11 is 1.48. The number of anilines is 1. The van der Waals surface area contributed by atoms with E-state index in [1.165, 1.54) is 11.8 Å². The first kappa shape index (κ1) is 17.3. The highest BCUT2D eigenvalue weighted by molar-refractivity contribution is 8.00. The molecule has 0 radical (unpaired) electrons. The zero-order valence-electron chi connectivity index (χ0n) is 11.8. The minimum Gasteiger partial charge on any atom is -0.399 e. The summed E-state index contributed by atoms with van der Waals surface area (Å²) in [7, 11) is -3.26. The number of hydrogen-bond donors (Lipinski definition) is 2. The monoisotopic (exact) mass is 318 g/mol. The first-order valence-electron chi connectivity index (χ1n) is 6.50. The third-order valence-electron chi connectivity index (χ3n) is 2.52. The summed E-state index contributed by atoms with van der Waals surface area (Å²) in [5, 5.41) is 0. The van der Waals surface area contributed by atoms with Gasteiger partial charge in [-0.25, -0.2) is 13.1 Å². The van der Waals surface area contributed by atoms with Crippen LogP contribution in [0.1, 0.15) is 13.8 Å². The molecule has 0 spiro atoms. The molecule has 7 heteroatoms. The molecule has 0 saturated carbocycles. The Kier molecular flexibility index (Phi) is 7.36. The molecular weight excluding hydrogens is 296 g/mol. The van der Waals surface area contributed by atoms with Gasteiger partial charge in [-0.3, -0.25) is 0 Å². The number of ether oxygens (including phenoxy) is 1. The number of nitrogens with two attached hydrogens (primary N) is 1. The minimum absolute atomic E-state index is 0.0747. The van der Waals surface area contributed by atoms with Crippen molar-refractivity contribution in [2.24, 2.45) is 0 Å².